The predicted octanol–water partition coefficient (Wildman–Crippen LogP) is 2.58. The van der Waals surface area contributed by atoms with E-state index in [1.165, 1.54) is 0 Å². The van der Waals surface area contributed by atoms with Crippen molar-refractivity contribution in [2.24, 2.45) is 0 Å². The Morgan fingerprint density at radius 3 is 2.40 bits per heavy atom. The molecule has 0 radical (unpaired) electrons. The summed E-state index contributed by atoms with van der Waals surface area (Å²) < 4.78 is 61.9. The highest BCUT2D eigenvalue weighted by Crippen LogP contribution is 2.42. The number of hydrogen-bond acceptors (Lipinski definition) is 5. The summed E-state index contributed by atoms with van der Waals surface area (Å²) in [5.41, 5.74) is -1.79. The minimum atomic E-state index is -4.90. The zero-order chi connectivity index (χ0) is 15.1. The molecule has 2 rings (SSSR count). The molecule has 6 nitrogen and oxygen atoms in total. The molecule has 0 aliphatic rings. The highest BCUT2D eigenvalue weighted by Gasteiger charge is 2.39. The first kappa shape index (κ1) is 15.2. The van der Waals surface area contributed by atoms with Gasteiger partial charge in [-0.25, -0.2) is 13.5 Å². The van der Waals surface area contributed by atoms with Crippen molar-refractivity contribution >= 4 is 35.7 Å². The maximum absolute atomic E-state index is 12.9. The van der Waals surface area contributed by atoms with E-state index in [0.717, 1.165) is 6.07 Å². The SMILES string of the molecule is O=S(=O)(Cl)c1c(C(F)(F)F)ccc(Br)c1-c1nnn[nH]1. The monoisotopic (exact) mass is 390 g/mol. The quantitative estimate of drug-likeness (QED) is 0.795. The highest BCUT2D eigenvalue weighted by atomic mass is 79.9. The third-order valence-corrected chi connectivity index (χ3v) is 4.27. The largest absolute Gasteiger partial charge is 0.417 e. The van der Waals surface area contributed by atoms with Crippen LogP contribution in [0.2, 0.25) is 0 Å². The number of aromatic amines is 1. The third kappa shape index (κ3) is 2.79. The van der Waals surface area contributed by atoms with Gasteiger partial charge >= 0.3 is 6.18 Å². The highest BCUT2D eigenvalue weighted by molar-refractivity contribution is 9.10. The number of rotatable bonds is 2. The molecule has 0 atom stereocenters. The summed E-state index contributed by atoms with van der Waals surface area (Å²) in [5, 5.41) is 12.0. The molecule has 2 aromatic rings. The molecule has 20 heavy (non-hydrogen) atoms. The van der Waals surface area contributed by atoms with Crippen LogP contribution >= 0.6 is 26.6 Å². The molecule has 12 heteroatoms. The van der Waals surface area contributed by atoms with E-state index in [4.69, 9.17) is 10.7 Å². The van der Waals surface area contributed by atoms with Gasteiger partial charge in [-0.2, -0.15) is 13.2 Å². The van der Waals surface area contributed by atoms with Crippen molar-refractivity contribution in [2.45, 2.75) is 11.1 Å². The fourth-order valence-corrected chi connectivity index (χ4v) is 3.55. The first-order chi connectivity index (χ1) is 9.12. The van der Waals surface area contributed by atoms with E-state index in [1.54, 1.807) is 0 Å². The first-order valence-electron chi connectivity index (χ1n) is 4.71. The molecule has 0 saturated heterocycles. The maximum atomic E-state index is 12.9. The van der Waals surface area contributed by atoms with E-state index < -0.39 is 25.7 Å². The van der Waals surface area contributed by atoms with Gasteiger partial charge in [0.2, 0.25) is 0 Å². The van der Waals surface area contributed by atoms with Gasteiger partial charge < -0.3 is 0 Å². The van der Waals surface area contributed by atoms with Crippen molar-refractivity contribution in [2.75, 3.05) is 0 Å². The summed E-state index contributed by atoms with van der Waals surface area (Å²) in [6.45, 7) is 0. The van der Waals surface area contributed by atoms with Crippen LogP contribution < -0.4 is 0 Å². The summed E-state index contributed by atoms with van der Waals surface area (Å²) in [5.74, 6) is -0.262. The van der Waals surface area contributed by atoms with E-state index in [9.17, 15) is 21.6 Å². The van der Waals surface area contributed by atoms with Gasteiger partial charge in [0.1, 0.15) is 4.90 Å². The lowest BCUT2D eigenvalue weighted by Crippen LogP contribution is -2.12. The second-order valence-corrected chi connectivity index (χ2v) is 6.84. The first-order valence-corrected chi connectivity index (χ1v) is 7.81. The van der Waals surface area contributed by atoms with E-state index in [-0.39, 0.29) is 15.9 Å². The number of tetrazole rings is 1. The minimum absolute atomic E-state index is 0.0447. The van der Waals surface area contributed by atoms with Gasteiger partial charge in [-0.15, -0.1) is 5.10 Å². The van der Waals surface area contributed by atoms with Crippen LogP contribution in [0.4, 0.5) is 13.2 Å². The molecule has 1 aromatic carbocycles. The van der Waals surface area contributed by atoms with E-state index in [2.05, 4.69) is 36.6 Å². The van der Waals surface area contributed by atoms with E-state index in [0.29, 0.717) is 6.07 Å². The number of hydrogen-bond donors (Lipinski definition) is 1. The Morgan fingerprint density at radius 1 is 1.30 bits per heavy atom. The second-order valence-electron chi connectivity index (χ2n) is 3.48. The van der Waals surface area contributed by atoms with Gasteiger partial charge in [0.05, 0.1) is 11.1 Å². The van der Waals surface area contributed by atoms with Crippen molar-refractivity contribution in [3.63, 3.8) is 0 Å². The molecular weight excluding hydrogens is 389 g/mol. The van der Waals surface area contributed by atoms with E-state index in [1.807, 2.05) is 0 Å². The lowest BCUT2D eigenvalue weighted by molar-refractivity contribution is -0.139. The standard InChI is InChI=1S/C8H3BrClF3N4O2S/c9-4-2-1-3(8(11,12)13)6(20(10,18)19)5(4)7-14-16-17-15-7/h1-2H,(H,14,15,16,17). The van der Waals surface area contributed by atoms with Crippen LogP contribution in [0.1, 0.15) is 5.56 Å². The molecule has 0 aliphatic heterocycles. The van der Waals surface area contributed by atoms with Crippen LogP contribution in [-0.4, -0.2) is 29.0 Å². The maximum Gasteiger partial charge on any atom is 0.417 e. The number of nitrogens with one attached hydrogen (secondary N) is 1. The fraction of sp³-hybridized carbons (Fsp3) is 0.125. The molecule has 1 N–H and O–H groups in total. The van der Waals surface area contributed by atoms with Gasteiger partial charge in [-0.1, -0.05) is 0 Å². The Kier molecular flexibility index (Phi) is 3.77. The molecule has 1 heterocycles. The number of alkyl halides is 3. The van der Waals surface area contributed by atoms with Gasteiger partial charge in [0.15, 0.2) is 5.82 Å². The summed E-state index contributed by atoms with van der Waals surface area (Å²) in [6, 6.07) is 1.64. The van der Waals surface area contributed by atoms with Crippen molar-refractivity contribution in [3.05, 3.63) is 22.2 Å². The Labute approximate surface area is 122 Å². The lowest BCUT2D eigenvalue weighted by Gasteiger charge is -2.14. The molecule has 0 bridgehead atoms. The molecule has 0 unspecified atom stereocenters. The summed E-state index contributed by atoms with van der Waals surface area (Å²) in [6.07, 6.45) is -4.90. The van der Waals surface area contributed by atoms with Crippen LogP contribution in [0.25, 0.3) is 11.4 Å². The summed E-state index contributed by atoms with van der Waals surface area (Å²) in [7, 11) is 0.444. The molecular formula is C8H3BrClF3N4O2S. The predicted molar refractivity (Wildman–Crippen MR) is 65.4 cm³/mol. The van der Waals surface area contributed by atoms with Crippen LogP contribution in [0.5, 0.6) is 0 Å². The molecule has 0 aliphatic carbocycles. The average Bonchev–Trinajstić information content (AvgIpc) is 2.78. The number of nitrogens with zero attached hydrogens (tertiary/aromatic N) is 3. The Balaban J connectivity index is 2.93. The third-order valence-electron chi connectivity index (χ3n) is 2.24. The zero-order valence-corrected chi connectivity index (χ0v) is 12.3. The smallest absolute Gasteiger partial charge is 0.239 e. The number of halogens is 5. The number of H-pyrrole nitrogens is 1. The average molecular weight is 392 g/mol. The van der Waals surface area contributed by atoms with Crippen LogP contribution in [-0.2, 0) is 15.2 Å². The molecule has 108 valence electrons. The second kappa shape index (κ2) is 4.97. The minimum Gasteiger partial charge on any atom is -0.239 e. The van der Waals surface area contributed by atoms with Gasteiger partial charge in [-0.3, -0.25) is 0 Å². The summed E-state index contributed by atoms with van der Waals surface area (Å²) >= 11 is 2.96. The van der Waals surface area contributed by atoms with Crippen molar-refractivity contribution < 1.29 is 21.6 Å². The zero-order valence-electron chi connectivity index (χ0n) is 9.11. The molecule has 0 saturated carbocycles. The molecule has 0 spiro atoms. The fourth-order valence-electron chi connectivity index (χ4n) is 1.52. The molecule has 0 fully saturated rings. The number of benzene rings is 1. The van der Waals surface area contributed by atoms with Crippen LogP contribution in [0.3, 0.4) is 0 Å². The van der Waals surface area contributed by atoms with Crippen molar-refractivity contribution in [3.8, 4) is 11.4 Å². The van der Waals surface area contributed by atoms with Gasteiger partial charge in [0.25, 0.3) is 9.05 Å². The summed E-state index contributed by atoms with van der Waals surface area (Å²) in [4.78, 5) is -1.11. The van der Waals surface area contributed by atoms with Crippen molar-refractivity contribution in [1.82, 2.24) is 20.6 Å². The normalized spacial score (nSPS) is 12.7. The Hall–Kier alpha value is -1.20. The lowest BCUT2D eigenvalue weighted by atomic mass is 10.1. The Bertz CT molecular complexity index is 748. The topological polar surface area (TPSA) is 88.6 Å². The van der Waals surface area contributed by atoms with Gasteiger partial charge in [-0.05, 0) is 38.5 Å². The van der Waals surface area contributed by atoms with E-state index >= 15 is 0 Å². The van der Waals surface area contributed by atoms with Gasteiger partial charge in [0, 0.05) is 15.2 Å². The number of aromatic nitrogens is 4. The Morgan fingerprint density at radius 2 is 1.95 bits per heavy atom. The van der Waals surface area contributed by atoms with Crippen LogP contribution in [0, 0.1) is 0 Å². The van der Waals surface area contributed by atoms with Crippen LogP contribution in [0.15, 0.2) is 21.5 Å². The molecule has 0 amide bonds. The van der Waals surface area contributed by atoms with Crippen molar-refractivity contribution in [1.29, 1.82) is 0 Å². The molecule has 1 aromatic heterocycles.